The van der Waals surface area contributed by atoms with Crippen molar-refractivity contribution in [1.29, 1.82) is 0 Å². The molecule has 1 aromatic heterocycles. The molecule has 1 heterocycles. The molecule has 0 unspecified atom stereocenters. The van der Waals surface area contributed by atoms with Gasteiger partial charge in [0.15, 0.2) is 0 Å². The monoisotopic (exact) mass is 347 g/mol. The molecule has 0 aliphatic carbocycles. The number of benzene rings is 1. The van der Waals surface area contributed by atoms with Crippen molar-refractivity contribution in [3.63, 3.8) is 0 Å². The summed E-state index contributed by atoms with van der Waals surface area (Å²) in [7, 11) is 0. The molecule has 6 heteroatoms. The summed E-state index contributed by atoms with van der Waals surface area (Å²) in [4.78, 5) is 31.2. The van der Waals surface area contributed by atoms with Crippen molar-refractivity contribution in [1.82, 2.24) is 14.5 Å². The first-order chi connectivity index (χ1) is 11.5. The molecule has 2 aromatic rings. The lowest BCUT2D eigenvalue weighted by Gasteiger charge is -2.20. The van der Waals surface area contributed by atoms with Crippen molar-refractivity contribution in [2.24, 2.45) is 0 Å². The number of likely N-dealkylation sites (N-methyl/N-ethyl adjacent to an activating group) is 1. The number of rotatable bonds is 6. The molecule has 24 heavy (non-hydrogen) atoms. The number of nitrogens with zero attached hydrogens (tertiary/aromatic N) is 3. The summed E-state index contributed by atoms with van der Waals surface area (Å²) in [6.07, 6.45) is 0.646. The van der Waals surface area contributed by atoms with Crippen LogP contribution >= 0.6 is 11.6 Å². The number of aryl methyl sites for hydroxylation is 1. The summed E-state index contributed by atoms with van der Waals surface area (Å²) >= 11 is 6.07. The number of aromatic nitrogens is 2. The quantitative estimate of drug-likeness (QED) is 0.807. The van der Waals surface area contributed by atoms with E-state index in [0.29, 0.717) is 36.1 Å². The van der Waals surface area contributed by atoms with E-state index in [1.54, 1.807) is 23.1 Å². The van der Waals surface area contributed by atoms with Gasteiger partial charge in [-0.05, 0) is 32.4 Å². The normalized spacial score (nSPS) is 10.7. The Bertz CT molecular complexity index is 782. The fraction of sp³-hybridized carbons (Fsp3) is 0.389. The molecule has 0 aliphatic heterocycles. The number of amides is 1. The van der Waals surface area contributed by atoms with Gasteiger partial charge in [0.25, 0.3) is 5.56 Å². The Morgan fingerprint density at radius 1 is 1.21 bits per heavy atom. The molecule has 0 fully saturated rings. The van der Waals surface area contributed by atoms with Crippen LogP contribution in [0.5, 0.6) is 0 Å². The highest BCUT2D eigenvalue weighted by Crippen LogP contribution is 2.20. The number of carbonyl (C=O) groups excluding carboxylic acids is 1. The highest BCUT2D eigenvalue weighted by Gasteiger charge is 2.16. The van der Waals surface area contributed by atoms with E-state index < -0.39 is 0 Å². The Morgan fingerprint density at radius 2 is 1.92 bits per heavy atom. The Balaban J connectivity index is 2.54. The van der Waals surface area contributed by atoms with Crippen molar-refractivity contribution >= 4 is 17.5 Å². The first-order valence-corrected chi connectivity index (χ1v) is 8.52. The maximum atomic E-state index is 12.5. The van der Waals surface area contributed by atoms with Crippen molar-refractivity contribution in [3.8, 4) is 11.4 Å². The third kappa shape index (κ3) is 4.03. The third-order valence-corrected chi connectivity index (χ3v) is 4.15. The maximum Gasteiger partial charge on any atom is 0.254 e. The van der Waals surface area contributed by atoms with Crippen LogP contribution in [0, 0.1) is 0 Å². The minimum Gasteiger partial charge on any atom is -0.342 e. The van der Waals surface area contributed by atoms with Crippen molar-refractivity contribution < 1.29 is 4.79 Å². The van der Waals surface area contributed by atoms with E-state index in [4.69, 9.17) is 11.6 Å². The van der Waals surface area contributed by atoms with Crippen LogP contribution in [0.4, 0.5) is 0 Å². The second-order valence-electron chi connectivity index (χ2n) is 5.43. The van der Waals surface area contributed by atoms with Crippen LogP contribution in [-0.4, -0.2) is 33.4 Å². The molecule has 0 spiro atoms. The standard InChI is InChI=1S/C18H22ClN3O2/c1-4-15-11-16(23)22(12-17(24)21(5-2)6-3)18(20-15)13-8-7-9-14(19)10-13/h7-11H,4-6,12H2,1-3H3. The van der Waals surface area contributed by atoms with Gasteiger partial charge >= 0.3 is 0 Å². The predicted molar refractivity (Wildman–Crippen MR) is 96.2 cm³/mol. The molecule has 0 atom stereocenters. The average Bonchev–Trinajstić information content (AvgIpc) is 2.57. The van der Waals surface area contributed by atoms with Crippen LogP contribution in [0.25, 0.3) is 11.4 Å². The molecule has 0 radical (unpaired) electrons. The van der Waals surface area contributed by atoms with Gasteiger partial charge in [0.05, 0.1) is 0 Å². The van der Waals surface area contributed by atoms with Crippen molar-refractivity contribution in [3.05, 3.63) is 51.4 Å². The number of hydrogen-bond acceptors (Lipinski definition) is 3. The van der Waals surface area contributed by atoms with E-state index in [1.807, 2.05) is 26.8 Å². The molecule has 0 bridgehead atoms. The molecule has 0 N–H and O–H groups in total. The molecule has 5 nitrogen and oxygen atoms in total. The molecular formula is C18H22ClN3O2. The van der Waals surface area contributed by atoms with Gasteiger partial charge in [-0.25, -0.2) is 4.98 Å². The molecule has 0 saturated heterocycles. The highest BCUT2D eigenvalue weighted by atomic mass is 35.5. The van der Waals surface area contributed by atoms with Gasteiger partial charge in [-0.15, -0.1) is 0 Å². The summed E-state index contributed by atoms with van der Waals surface area (Å²) in [6, 6.07) is 8.65. The van der Waals surface area contributed by atoms with E-state index in [2.05, 4.69) is 4.98 Å². The molecule has 1 amide bonds. The van der Waals surface area contributed by atoms with Crippen LogP contribution < -0.4 is 5.56 Å². The van der Waals surface area contributed by atoms with E-state index in [9.17, 15) is 9.59 Å². The zero-order chi connectivity index (χ0) is 17.7. The summed E-state index contributed by atoms with van der Waals surface area (Å²) < 4.78 is 1.42. The number of halogens is 1. The van der Waals surface area contributed by atoms with Crippen LogP contribution in [0.1, 0.15) is 26.5 Å². The molecule has 1 aromatic carbocycles. The van der Waals surface area contributed by atoms with Crippen LogP contribution in [0.15, 0.2) is 35.1 Å². The highest BCUT2D eigenvalue weighted by molar-refractivity contribution is 6.30. The largest absolute Gasteiger partial charge is 0.342 e. The van der Waals surface area contributed by atoms with Gasteiger partial charge in [-0.1, -0.05) is 30.7 Å². The summed E-state index contributed by atoms with van der Waals surface area (Å²) in [5.74, 6) is 0.374. The zero-order valence-electron chi connectivity index (χ0n) is 14.3. The third-order valence-electron chi connectivity index (χ3n) is 3.92. The number of hydrogen-bond donors (Lipinski definition) is 0. The van der Waals surface area contributed by atoms with Crippen LogP contribution in [0.2, 0.25) is 5.02 Å². The number of carbonyl (C=O) groups is 1. The SMILES string of the molecule is CCc1cc(=O)n(CC(=O)N(CC)CC)c(-c2cccc(Cl)c2)n1. The van der Waals surface area contributed by atoms with Gasteiger partial charge in [0.1, 0.15) is 12.4 Å². The maximum absolute atomic E-state index is 12.5. The molecule has 0 aliphatic rings. The Hall–Kier alpha value is -2.14. The van der Waals surface area contributed by atoms with Crippen LogP contribution in [0.3, 0.4) is 0 Å². The van der Waals surface area contributed by atoms with Crippen LogP contribution in [-0.2, 0) is 17.8 Å². The zero-order valence-corrected chi connectivity index (χ0v) is 15.0. The lowest BCUT2D eigenvalue weighted by atomic mass is 10.2. The second-order valence-corrected chi connectivity index (χ2v) is 5.86. The van der Waals surface area contributed by atoms with Gasteiger partial charge in [0.2, 0.25) is 5.91 Å². The Kier molecular flexibility index (Phi) is 6.15. The topological polar surface area (TPSA) is 55.2 Å². The minimum absolute atomic E-state index is 0.0284. The summed E-state index contributed by atoms with van der Waals surface area (Å²) in [6.45, 7) is 6.96. The first kappa shape index (κ1) is 18.2. The van der Waals surface area contributed by atoms with E-state index in [-0.39, 0.29) is 18.0 Å². The lowest BCUT2D eigenvalue weighted by Crippen LogP contribution is -2.37. The fourth-order valence-corrected chi connectivity index (χ4v) is 2.74. The van der Waals surface area contributed by atoms with Gasteiger partial charge < -0.3 is 4.90 Å². The molecule has 0 saturated carbocycles. The second kappa shape index (κ2) is 8.11. The Labute approximate surface area is 146 Å². The Morgan fingerprint density at radius 3 is 2.50 bits per heavy atom. The van der Waals surface area contributed by atoms with Crippen molar-refractivity contribution in [2.45, 2.75) is 33.7 Å². The van der Waals surface area contributed by atoms with E-state index in [1.165, 1.54) is 10.6 Å². The average molecular weight is 348 g/mol. The van der Waals surface area contributed by atoms with Gasteiger partial charge in [-0.2, -0.15) is 0 Å². The summed E-state index contributed by atoms with van der Waals surface area (Å²) in [5, 5.41) is 0.560. The van der Waals surface area contributed by atoms with E-state index >= 15 is 0 Å². The van der Waals surface area contributed by atoms with E-state index in [0.717, 1.165) is 5.56 Å². The summed E-state index contributed by atoms with van der Waals surface area (Å²) in [5.41, 5.74) is 1.20. The minimum atomic E-state index is -0.225. The first-order valence-electron chi connectivity index (χ1n) is 8.14. The fourth-order valence-electron chi connectivity index (χ4n) is 2.55. The molecular weight excluding hydrogens is 326 g/mol. The smallest absolute Gasteiger partial charge is 0.254 e. The lowest BCUT2D eigenvalue weighted by molar-refractivity contribution is -0.131. The molecule has 2 rings (SSSR count). The molecule has 128 valence electrons. The van der Waals surface area contributed by atoms with Crippen molar-refractivity contribution in [2.75, 3.05) is 13.1 Å². The van der Waals surface area contributed by atoms with Gasteiger partial charge in [0, 0.05) is 35.4 Å². The van der Waals surface area contributed by atoms with Gasteiger partial charge in [-0.3, -0.25) is 14.2 Å². The predicted octanol–water partition coefficient (Wildman–Crippen LogP) is 2.99.